The molecule has 2 N–H and O–H groups in total. The molecule has 2 fully saturated rings. The molecule has 1 aromatic rings. The Morgan fingerprint density at radius 1 is 1.33 bits per heavy atom. The quantitative estimate of drug-likeness (QED) is 0.776. The minimum absolute atomic E-state index is 0.0682. The van der Waals surface area contributed by atoms with Crippen molar-refractivity contribution in [1.29, 1.82) is 0 Å². The van der Waals surface area contributed by atoms with Crippen LogP contribution in [0.15, 0.2) is 18.5 Å². The van der Waals surface area contributed by atoms with E-state index in [1.807, 2.05) is 23.9 Å². The summed E-state index contributed by atoms with van der Waals surface area (Å²) in [6.07, 6.45) is 4.95. The highest BCUT2D eigenvalue weighted by Gasteiger charge is 2.51. The van der Waals surface area contributed by atoms with Crippen molar-refractivity contribution < 1.29 is 9.59 Å². The molecular formula is C14H21N5O2. The third-order valence-corrected chi connectivity index (χ3v) is 4.26. The Bertz CT molecular complexity index is 521. The van der Waals surface area contributed by atoms with Crippen LogP contribution in [-0.2, 0) is 11.3 Å². The number of rotatable bonds is 4. The van der Waals surface area contributed by atoms with Crippen LogP contribution in [0.25, 0.3) is 0 Å². The van der Waals surface area contributed by atoms with Crippen LogP contribution in [0.3, 0.4) is 0 Å². The Balaban J connectivity index is 1.65. The molecule has 3 rings (SSSR count). The van der Waals surface area contributed by atoms with Crippen LogP contribution in [0.5, 0.6) is 0 Å². The van der Waals surface area contributed by atoms with Crippen molar-refractivity contribution in [1.82, 2.24) is 25.3 Å². The van der Waals surface area contributed by atoms with E-state index in [1.165, 1.54) is 4.90 Å². The van der Waals surface area contributed by atoms with Crippen LogP contribution in [0.4, 0.5) is 4.79 Å². The Morgan fingerprint density at radius 3 is 2.76 bits per heavy atom. The molecule has 1 atom stereocenters. The highest BCUT2D eigenvalue weighted by molar-refractivity contribution is 6.07. The third kappa shape index (κ3) is 2.65. The number of imide groups is 1. The van der Waals surface area contributed by atoms with Gasteiger partial charge in [0.1, 0.15) is 5.54 Å². The average Bonchev–Trinajstić information content (AvgIpc) is 3.04. The van der Waals surface area contributed by atoms with Crippen molar-refractivity contribution >= 4 is 11.9 Å². The molecule has 0 aliphatic carbocycles. The van der Waals surface area contributed by atoms with Crippen molar-refractivity contribution in [3.05, 3.63) is 18.5 Å². The minimum atomic E-state index is -0.673. The zero-order chi connectivity index (χ0) is 14.9. The van der Waals surface area contributed by atoms with Gasteiger partial charge >= 0.3 is 6.03 Å². The number of carbonyl (C=O) groups excluding carboxylic acids is 2. The molecule has 7 heteroatoms. The van der Waals surface area contributed by atoms with Crippen molar-refractivity contribution in [3.8, 4) is 0 Å². The molecular weight excluding hydrogens is 270 g/mol. The van der Waals surface area contributed by atoms with Crippen LogP contribution < -0.4 is 10.6 Å². The predicted octanol–water partition coefficient (Wildman–Crippen LogP) is 0.193. The number of hydrogen-bond acceptors (Lipinski definition) is 4. The SMILES string of the molecule is C[C@H](CN1C(=O)NC2(CCNCC2)C1=O)Cn1cccn1. The first-order chi connectivity index (χ1) is 10.1. The molecule has 3 amide bonds. The Hall–Kier alpha value is -1.89. The maximum Gasteiger partial charge on any atom is 0.325 e. The Kier molecular flexibility index (Phi) is 3.67. The van der Waals surface area contributed by atoms with E-state index < -0.39 is 5.54 Å². The Morgan fingerprint density at radius 2 is 2.10 bits per heavy atom. The number of nitrogens with zero attached hydrogens (tertiary/aromatic N) is 3. The van der Waals surface area contributed by atoms with Crippen LogP contribution in [0.2, 0.25) is 0 Å². The molecule has 114 valence electrons. The summed E-state index contributed by atoms with van der Waals surface area (Å²) in [4.78, 5) is 26.1. The number of carbonyl (C=O) groups is 2. The fourth-order valence-electron chi connectivity index (χ4n) is 3.13. The van der Waals surface area contributed by atoms with Crippen LogP contribution in [0.1, 0.15) is 19.8 Å². The summed E-state index contributed by atoms with van der Waals surface area (Å²) < 4.78 is 1.82. The molecule has 0 unspecified atom stereocenters. The predicted molar refractivity (Wildman–Crippen MR) is 76.5 cm³/mol. The second kappa shape index (κ2) is 5.48. The molecule has 0 saturated carbocycles. The molecule has 3 heterocycles. The van der Waals surface area contributed by atoms with Crippen LogP contribution in [-0.4, -0.2) is 51.8 Å². The molecule has 1 aromatic heterocycles. The van der Waals surface area contributed by atoms with Crippen molar-refractivity contribution in [2.45, 2.75) is 31.8 Å². The summed E-state index contributed by atoms with van der Waals surface area (Å²) in [5.41, 5.74) is -0.673. The highest BCUT2D eigenvalue weighted by Crippen LogP contribution is 2.27. The van der Waals surface area contributed by atoms with Crippen LogP contribution in [0, 0.1) is 5.92 Å². The fourth-order valence-corrected chi connectivity index (χ4v) is 3.13. The van der Waals surface area contributed by atoms with E-state index in [0.29, 0.717) is 25.9 Å². The first kappa shape index (κ1) is 14.1. The van der Waals surface area contributed by atoms with Gasteiger partial charge in [-0.1, -0.05) is 6.92 Å². The van der Waals surface area contributed by atoms with E-state index >= 15 is 0 Å². The van der Waals surface area contributed by atoms with Gasteiger partial charge in [-0.2, -0.15) is 5.10 Å². The van der Waals surface area contributed by atoms with E-state index in [9.17, 15) is 9.59 Å². The van der Waals surface area contributed by atoms with Gasteiger partial charge in [-0.3, -0.25) is 14.4 Å². The molecule has 7 nitrogen and oxygen atoms in total. The number of hydrogen-bond donors (Lipinski definition) is 2. The highest BCUT2D eigenvalue weighted by atomic mass is 16.2. The summed E-state index contributed by atoms with van der Waals surface area (Å²) in [6.45, 7) is 4.68. The molecule has 2 saturated heterocycles. The summed E-state index contributed by atoms with van der Waals surface area (Å²) in [7, 11) is 0. The number of amides is 3. The van der Waals surface area contributed by atoms with Crippen molar-refractivity contribution in [3.63, 3.8) is 0 Å². The fraction of sp³-hybridized carbons (Fsp3) is 0.643. The standard InChI is InChI=1S/C14H21N5O2/c1-11(9-18-8-2-5-16-18)10-19-12(20)14(17-13(19)21)3-6-15-7-4-14/h2,5,8,11,15H,3-4,6-7,9-10H2,1H3,(H,17,21)/t11-/m0/s1. The zero-order valence-electron chi connectivity index (χ0n) is 12.2. The lowest BCUT2D eigenvalue weighted by molar-refractivity contribution is -0.132. The van der Waals surface area contributed by atoms with Gasteiger partial charge in [-0.15, -0.1) is 0 Å². The lowest BCUT2D eigenvalue weighted by Crippen LogP contribution is -2.54. The van der Waals surface area contributed by atoms with Gasteiger partial charge in [0.25, 0.3) is 5.91 Å². The van der Waals surface area contributed by atoms with Gasteiger partial charge < -0.3 is 10.6 Å². The monoisotopic (exact) mass is 291 g/mol. The summed E-state index contributed by atoms with van der Waals surface area (Å²) in [5.74, 6) is 0.0952. The van der Waals surface area contributed by atoms with Gasteiger partial charge in [0.15, 0.2) is 0 Å². The maximum absolute atomic E-state index is 12.6. The Labute approximate surface area is 123 Å². The van der Waals surface area contributed by atoms with Gasteiger partial charge in [-0.05, 0) is 37.9 Å². The van der Waals surface area contributed by atoms with Gasteiger partial charge in [0.05, 0.1) is 0 Å². The molecule has 21 heavy (non-hydrogen) atoms. The molecule has 0 aromatic carbocycles. The lowest BCUT2D eigenvalue weighted by atomic mass is 9.88. The third-order valence-electron chi connectivity index (χ3n) is 4.26. The number of nitrogens with one attached hydrogen (secondary N) is 2. The molecule has 0 radical (unpaired) electrons. The smallest absolute Gasteiger partial charge is 0.323 e. The van der Waals surface area contributed by atoms with E-state index in [-0.39, 0.29) is 17.9 Å². The van der Waals surface area contributed by atoms with Crippen molar-refractivity contribution in [2.75, 3.05) is 19.6 Å². The lowest BCUT2D eigenvalue weighted by Gasteiger charge is -2.31. The van der Waals surface area contributed by atoms with E-state index in [0.717, 1.165) is 13.1 Å². The number of urea groups is 1. The van der Waals surface area contributed by atoms with Gasteiger partial charge in [0.2, 0.25) is 0 Å². The first-order valence-electron chi connectivity index (χ1n) is 7.43. The topological polar surface area (TPSA) is 79.3 Å². The summed E-state index contributed by atoms with van der Waals surface area (Å²) >= 11 is 0. The van der Waals surface area contributed by atoms with E-state index in [1.54, 1.807) is 6.20 Å². The normalized spacial score (nSPS) is 22.6. The molecule has 2 aliphatic rings. The van der Waals surface area contributed by atoms with Gasteiger partial charge in [0, 0.05) is 25.5 Å². The first-order valence-corrected chi connectivity index (χ1v) is 7.43. The largest absolute Gasteiger partial charge is 0.325 e. The molecule has 2 aliphatic heterocycles. The number of aromatic nitrogens is 2. The maximum atomic E-state index is 12.6. The van der Waals surface area contributed by atoms with Crippen LogP contribution >= 0.6 is 0 Å². The number of piperidine rings is 1. The second-order valence-electron chi connectivity index (χ2n) is 6.01. The molecule has 1 spiro atoms. The molecule has 0 bridgehead atoms. The van der Waals surface area contributed by atoms with Crippen molar-refractivity contribution in [2.24, 2.45) is 5.92 Å². The second-order valence-corrected chi connectivity index (χ2v) is 6.01. The van der Waals surface area contributed by atoms with E-state index in [4.69, 9.17) is 0 Å². The van der Waals surface area contributed by atoms with E-state index in [2.05, 4.69) is 15.7 Å². The minimum Gasteiger partial charge on any atom is -0.323 e. The average molecular weight is 291 g/mol. The summed E-state index contributed by atoms with van der Waals surface area (Å²) in [6, 6.07) is 1.61. The van der Waals surface area contributed by atoms with Gasteiger partial charge in [-0.25, -0.2) is 4.79 Å². The zero-order valence-corrected chi connectivity index (χ0v) is 12.2. The summed E-state index contributed by atoms with van der Waals surface area (Å²) in [5, 5.41) is 10.3.